The summed E-state index contributed by atoms with van der Waals surface area (Å²) in [5.74, 6) is 0.0926. The molecule has 0 aromatic heterocycles. The van der Waals surface area contributed by atoms with Gasteiger partial charge in [0, 0.05) is 21.0 Å². The Morgan fingerprint density at radius 1 is 1.56 bits per heavy atom. The van der Waals surface area contributed by atoms with E-state index in [9.17, 15) is 4.79 Å². The highest BCUT2D eigenvalue weighted by atomic mass is 16.2. The van der Waals surface area contributed by atoms with Crippen LogP contribution in [0.1, 0.15) is 13.8 Å². The van der Waals surface area contributed by atoms with Crippen LogP contribution in [0, 0.1) is 0 Å². The minimum atomic E-state index is 0.0926. The van der Waals surface area contributed by atoms with Gasteiger partial charge in [-0.2, -0.15) is 0 Å². The molecule has 2 nitrogen and oxygen atoms in total. The summed E-state index contributed by atoms with van der Waals surface area (Å²) in [4.78, 5) is 11.6. The smallest absolute Gasteiger partial charge is 0.218 e. The fourth-order valence-electron chi connectivity index (χ4n) is 0. The first-order chi connectivity index (χ1) is 4.06. The molecule has 2 heteroatoms. The largest absolute Gasteiger partial charge is 0.349 e. The third-order valence-electron chi connectivity index (χ3n) is 0.630. The first-order valence-electron chi connectivity index (χ1n) is 2.81. The molecule has 0 unspecified atom stereocenters. The van der Waals surface area contributed by atoms with Crippen molar-refractivity contribution < 1.29 is 4.79 Å². The zero-order chi connectivity index (χ0) is 7.86. The number of carbonyl (C=O) groups is 1. The van der Waals surface area contributed by atoms with Crippen LogP contribution in [0.2, 0.25) is 0 Å². The molecular formula is C7H15NO. The predicted octanol–water partition coefficient (Wildman–Crippen LogP) is 1.29. The number of hydrogen-bond donors (Lipinski definition) is 0. The minimum absolute atomic E-state index is 0.0926. The fourth-order valence-corrected chi connectivity index (χ4v) is 0. The van der Waals surface area contributed by atoms with Crippen LogP contribution in [0.5, 0.6) is 0 Å². The van der Waals surface area contributed by atoms with Gasteiger partial charge in [-0.25, -0.2) is 0 Å². The second kappa shape index (κ2) is 7.21. The van der Waals surface area contributed by atoms with Gasteiger partial charge in [0.25, 0.3) is 0 Å². The van der Waals surface area contributed by atoms with E-state index in [1.165, 1.54) is 11.8 Å². The molecule has 0 rings (SSSR count). The van der Waals surface area contributed by atoms with Crippen LogP contribution < -0.4 is 0 Å². The SMILES string of the molecule is C=CC.CC(=O)N(C)C. The van der Waals surface area contributed by atoms with Crippen molar-refractivity contribution in [2.75, 3.05) is 14.1 Å². The van der Waals surface area contributed by atoms with E-state index in [-0.39, 0.29) is 5.91 Å². The average Bonchev–Trinajstić information content (AvgIpc) is 1.68. The Kier molecular flexibility index (Phi) is 8.87. The Morgan fingerprint density at radius 2 is 1.67 bits per heavy atom. The van der Waals surface area contributed by atoms with Crippen molar-refractivity contribution >= 4 is 5.91 Å². The number of hydrogen-bond acceptors (Lipinski definition) is 1. The van der Waals surface area contributed by atoms with E-state index >= 15 is 0 Å². The predicted molar refractivity (Wildman–Crippen MR) is 40.2 cm³/mol. The lowest BCUT2D eigenvalue weighted by Gasteiger charge is -2.02. The van der Waals surface area contributed by atoms with Crippen LogP contribution in [-0.2, 0) is 4.79 Å². The molecule has 0 N–H and O–H groups in total. The average molecular weight is 129 g/mol. The summed E-state index contributed by atoms with van der Waals surface area (Å²) in [6.45, 7) is 6.78. The maximum Gasteiger partial charge on any atom is 0.218 e. The van der Waals surface area contributed by atoms with Crippen LogP contribution in [0.4, 0.5) is 0 Å². The minimum Gasteiger partial charge on any atom is -0.349 e. The molecule has 0 saturated heterocycles. The van der Waals surface area contributed by atoms with Crippen molar-refractivity contribution in [1.29, 1.82) is 0 Å². The van der Waals surface area contributed by atoms with Crippen LogP contribution in [0.3, 0.4) is 0 Å². The summed E-state index contributed by atoms with van der Waals surface area (Å²) in [5, 5.41) is 0. The Hall–Kier alpha value is -0.790. The molecule has 0 aliphatic rings. The highest BCUT2D eigenvalue weighted by Crippen LogP contribution is 1.69. The standard InChI is InChI=1S/C4H9NO.C3H6/c1-4(6)5(2)3;1-3-2/h1-3H3;3H,1H2,2H3. The van der Waals surface area contributed by atoms with Gasteiger partial charge in [0.2, 0.25) is 5.91 Å². The van der Waals surface area contributed by atoms with Crippen LogP contribution in [0.15, 0.2) is 12.7 Å². The van der Waals surface area contributed by atoms with Crippen molar-refractivity contribution in [3.05, 3.63) is 12.7 Å². The van der Waals surface area contributed by atoms with E-state index < -0.39 is 0 Å². The molecule has 0 aliphatic heterocycles. The zero-order valence-corrected chi connectivity index (χ0v) is 6.64. The third-order valence-corrected chi connectivity index (χ3v) is 0.630. The Balaban J connectivity index is 0. The molecule has 0 heterocycles. The number of allylic oxidation sites excluding steroid dienone is 1. The second-order valence-corrected chi connectivity index (χ2v) is 1.82. The third kappa shape index (κ3) is 19.0. The molecule has 0 aliphatic carbocycles. The lowest BCUT2D eigenvalue weighted by atomic mass is 10.7. The Bertz CT molecular complexity index is 86.9. The van der Waals surface area contributed by atoms with Gasteiger partial charge in [0.15, 0.2) is 0 Å². The molecular weight excluding hydrogens is 114 g/mol. The lowest BCUT2D eigenvalue weighted by Crippen LogP contribution is -2.17. The topological polar surface area (TPSA) is 20.3 Å². The maximum atomic E-state index is 10.1. The van der Waals surface area contributed by atoms with Crippen molar-refractivity contribution in [1.82, 2.24) is 4.90 Å². The summed E-state index contributed by atoms with van der Waals surface area (Å²) in [5.41, 5.74) is 0. The van der Waals surface area contributed by atoms with Crippen LogP contribution in [0.25, 0.3) is 0 Å². The molecule has 9 heavy (non-hydrogen) atoms. The Labute approximate surface area is 57.2 Å². The molecule has 0 bridgehead atoms. The molecule has 0 aromatic rings. The maximum absolute atomic E-state index is 10.1. The molecule has 0 atom stereocenters. The van der Waals surface area contributed by atoms with E-state index in [4.69, 9.17) is 0 Å². The number of nitrogens with zero attached hydrogens (tertiary/aromatic N) is 1. The fraction of sp³-hybridized carbons (Fsp3) is 0.571. The lowest BCUT2D eigenvalue weighted by molar-refractivity contribution is -0.126. The van der Waals surface area contributed by atoms with Gasteiger partial charge < -0.3 is 4.90 Å². The van der Waals surface area contributed by atoms with Crippen LogP contribution >= 0.6 is 0 Å². The van der Waals surface area contributed by atoms with E-state index in [1.807, 2.05) is 6.92 Å². The van der Waals surface area contributed by atoms with Gasteiger partial charge in [-0.3, -0.25) is 4.79 Å². The van der Waals surface area contributed by atoms with Gasteiger partial charge in [-0.15, -0.1) is 6.58 Å². The summed E-state index contributed by atoms with van der Waals surface area (Å²) < 4.78 is 0. The molecule has 1 amide bonds. The van der Waals surface area contributed by atoms with Gasteiger partial charge >= 0.3 is 0 Å². The summed E-state index contributed by atoms with van der Waals surface area (Å²) in [6.07, 6.45) is 1.75. The van der Waals surface area contributed by atoms with Gasteiger partial charge in [-0.05, 0) is 6.92 Å². The second-order valence-electron chi connectivity index (χ2n) is 1.82. The summed E-state index contributed by atoms with van der Waals surface area (Å²) in [6, 6.07) is 0. The Morgan fingerprint density at radius 3 is 1.67 bits per heavy atom. The van der Waals surface area contributed by atoms with Crippen molar-refractivity contribution in [2.24, 2.45) is 0 Å². The van der Waals surface area contributed by atoms with Crippen molar-refractivity contribution in [2.45, 2.75) is 13.8 Å². The van der Waals surface area contributed by atoms with E-state index in [1.54, 1.807) is 20.2 Å². The first-order valence-corrected chi connectivity index (χ1v) is 2.81. The molecule has 0 spiro atoms. The van der Waals surface area contributed by atoms with E-state index in [0.717, 1.165) is 0 Å². The number of rotatable bonds is 0. The monoisotopic (exact) mass is 129 g/mol. The van der Waals surface area contributed by atoms with Crippen molar-refractivity contribution in [3.63, 3.8) is 0 Å². The van der Waals surface area contributed by atoms with E-state index in [0.29, 0.717) is 0 Å². The molecule has 0 radical (unpaired) electrons. The molecule has 0 aromatic carbocycles. The van der Waals surface area contributed by atoms with Gasteiger partial charge in [0.05, 0.1) is 0 Å². The van der Waals surface area contributed by atoms with Gasteiger partial charge in [-0.1, -0.05) is 6.08 Å². The van der Waals surface area contributed by atoms with Gasteiger partial charge in [0.1, 0.15) is 0 Å². The molecule has 0 fully saturated rings. The van der Waals surface area contributed by atoms with Crippen molar-refractivity contribution in [3.8, 4) is 0 Å². The highest BCUT2D eigenvalue weighted by molar-refractivity contribution is 5.72. The molecule has 54 valence electrons. The summed E-state index contributed by atoms with van der Waals surface area (Å²) in [7, 11) is 3.45. The van der Waals surface area contributed by atoms with E-state index in [2.05, 4.69) is 6.58 Å². The molecule has 0 saturated carbocycles. The quantitative estimate of drug-likeness (QED) is 0.451. The first kappa shape index (κ1) is 11.1. The highest BCUT2D eigenvalue weighted by Gasteiger charge is 1.87. The number of amides is 1. The van der Waals surface area contributed by atoms with Crippen LogP contribution in [-0.4, -0.2) is 24.9 Å². The normalized spacial score (nSPS) is 6.67. The number of carbonyl (C=O) groups excluding carboxylic acids is 1. The zero-order valence-electron chi connectivity index (χ0n) is 6.64. The summed E-state index contributed by atoms with van der Waals surface area (Å²) >= 11 is 0.